The Morgan fingerprint density at radius 3 is 2.37 bits per heavy atom. The van der Waals surface area contributed by atoms with Gasteiger partial charge in [-0.2, -0.15) is 0 Å². The molecule has 0 bridgehead atoms. The minimum absolute atomic E-state index is 0.0744. The third-order valence-corrected chi connectivity index (χ3v) is 4.35. The molecule has 142 valence electrons. The molecule has 2 aromatic rings. The van der Waals surface area contributed by atoms with Crippen molar-refractivity contribution >= 4 is 23.3 Å². The fourth-order valence-corrected chi connectivity index (χ4v) is 2.96. The molecule has 3 amide bonds. The molecule has 2 aromatic carbocycles. The Balaban J connectivity index is 1.41. The summed E-state index contributed by atoms with van der Waals surface area (Å²) in [5.74, 6) is 0.731. The smallest absolute Gasteiger partial charge is 0.321 e. The van der Waals surface area contributed by atoms with Crippen LogP contribution in [0, 0.1) is 0 Å². The Bertz CT molecular complexity index is 758. The standard InChI is InChI=1S/C21H25N3O3/c25-20(12-7-15-27-19-10-2-1-3-11-19)22-17-8-6-9-18(16-17)23-21(26)24-13-4-5-14-24/h1-3,6,8-11,16H,4-5,7,12-15H2,(H,22,25)(H,23,26). The number of likely N-dealkylation sites (tertiary alicyclic amines) is 1. The molecule has 0 aliphatic carbocycles. The van der Waals surface area contributed by atoms with E-state index < -0.39 is 0 Å². The molecule has 0 atom stereocenters. The third kappa shape index (κ3) is 6.02. The van der Waals surface area contributed by atoms with Crippen LogP contribution in [0.25, 0.3) is 0 Å². The van der Waals surface area contributed by atoms with Crippen molar-refractivity contribution in [3.63, 3.8) is 0 Å². The highest BCUT2D eigenvalue weighted by molar-refractivity contribution is 5.93. The van der Waals surface area contributed by atoms with Crippen molar-refractivity contribution in [2.45, 2.75) is 25.7 Å². The first-order chi connectivity index (χ1) is 13.2. The number of rotatable bonds is 7. The summed E-state index contributed by atoms with van der Waals surface area (Å²) in [5.41, 5.74) is 1.35. The summed E-state index contributed by atoms with van der Waals surface area (Å²) in [7, 11) is 0. The maximum absolute atomic E-state index is 12.2. The summed E-state index contributed by atoms with van der Waals surface area (Å²) in [6.45, 7) is 2.09. The summed E-state index contributed by atoms with van der Waals surface area (Å²) in [4.78, 5) is 26.1. The monoisotopic (exact) mass is 367 g/mol. The van der Waals surface area contributed by atoms with E-state index in [0.717, 1.165) is 31.7 Å². The quantitative estimate of drug-likeness (QED) is 0.724. The molecule has 1 saturated heterocycles. The molecule has 0 radical (unpaired) electrons. The van der Waals surface area contributed by atoms with Gasteiger partial charge in [0, 0.05) is 30.9 Å². The third-order valence-electron chi connectivity index (χ3n) is 4.35. The van der Waals surface area contributed by atoms with Crippen molar-refractivity contribution in [2.75, 3.05) is 30.3 Å². The van der Waals surface area contributed by atoms with E-state index in [1.807, 2.05) is 48.5 Å². The van der Waals surface area contributed by atoms with Crippen LogP contribution in [0.4, 0.5) is 16.2 Å². The van der Waals surface area contributed by atoms with Crippen LogP contribution < -0.4 is 15.4 Å². The van der Waals surface area contributed by atoms with Crippen LogP contribution in [0.15, 0.2) is 54.6 Å². The Morgan fingerprint density at radius 2 is 1.63 bits per heavy atom. The molecule has 3 rings (SSSR count). The Hall–Kier alpha value is -3.02. The molecule has 1 aliphatic heterocycles. The van der Waals surface area contributed by atoms with Gasteiger partial charge in [-0.15, -0.1) is 0 Å². The predicted octanol–water partition coefficient (Wildman–Crippen LogP) is 4.11. The van der Waals surface area contributed by atoms with Crippen molar-refractivity contribution in [1.82, 2.24) is 4.90 Å². The number of para-hydroxylation sites is 1. The number of carbonyl (C=O) groups excluding carboxylic acids is 2. The van der Waals surface area contributed by atoms with Crippen LogP contribution in [0.2, 0.25) is 0 Å². The lowest BCUT2D eigenvalue weighted by molar-refractivity contribution is -0.116. The van der Waals surface area contributed by atoms with E-state index in [1.165, 1.54) is 0 Å². The van der Waals surface area contributed by atoms with E-state index >= 15 is 0 Å². The molecule has 0 saturated carbocycles. The molecular formula is C21H25N3O3. The minimum Gasteiger partial charge on any atom is -0.494 e. The second-order valence-corrected chi connectivity index (χ2v) is 6.52. The molecule has 27 heavy (non-hydrogen) atoms. The highest BCUT2D eigenvalue weighted by Crippen LogP contribution is 2.17. The van der Waals surface area contributed by atoms with Crippen molar-refractivity contribution in [2.24, 2.45) is 0 Å². The summed E-state index contributed by atoms with van der Waals surface area (Å²) in [6.07, 6.45) is 3.11. The minimum atomic E-state index is -0.0889. The molecule has 6 nitrogen and oxygen atoms in total. The molecule has 0 spiro atoms. The van der Waals surface area contributed by atoms with Crippen LogP contribution in [0.1, 0.15) is 25.7 Å². The lowest BCUT2D eigenvalue weighted by Crippen LogP contribution is -2.32. The average molecular weight is 367 g/mol. The summed E-state index contributed by atoms with van der Waals surface area (Å²) in [6, 6.07) is 16.7. The summed E-state index contributed by atoms with van der Waals surface area (Å²) < 4.78 is 5.59. The maximum atomic E-state index is 12.2. The first kappa shape index (κ1) is 18.8. The number of ether oxygens (including phenoxy) is 1. The van der Waals surface area contributed by atoms with Crippen molar-refractivity contribution < 1.29 is 14.3 Å². The van der Waals surface area contributed by atoms with Crippen molar-refractivity contribution in [1.29, 1.82) is 0 Å². The Kier molecular flexibility index (Phi) is 6.68. The zero-order valence-electron chi connectivity index (χ0n) is 15.3. The number of urea groups is 1. The van der Waals surface area contributed by atoms with Gasteiger partial charge in [-0.05, 0) is 49.6 Å². The second-order valence-electron chi connectivity index (χ2n) is 6.52. The summed E-state index contributed by atoms with van der Waals surface area (Å²) >= 11 is 0. The zero-order chi connectivity index (χ0) is 18.9. The van der Waals surface area contributed by atoms with E-state index in [4.69, 9.17) is 4.74 Å². The Morgan fingerprint density at radius 1 is 0.926 bits per heavy atom. The normalized spacial score (nSPS) is 13.3. The first-order valence-corrected chi connectivity index (χ1v) is 9.34. The second kappa shape index (κ2) is 9.62. The lowest BCUT2D eigenvalue weighted by Gasteiger charge is -2.16. The van der Waals surface area contributed by atoms with Gasteiger partial charge >= 0.3 is 6.03 Å². The number of anilines is 2. The van der Waals surface area contributed by atoms with E-state index in [-0.39, 0.29) is 11.9 Å². The molecule has 1 fully saturated rings. The van der Waals surface area contributed by atoms with Gasteiger partial charge in [0.2, 0.25) is 5.91 Å². The van der Waals surface area contributed by atoms with Gasteiger partial charge < -0.3 is 20.3 Å². The van der Waals surface area contributed by atoms with Crippen LogP contribution in [0.5, 0.6) is 5.75 Å². The number of hydrogen-bond donors (Lipinski definition) is 2. The van der Waals surface area contributed by atoms with E-state index in [0.29, 0.717) is 30.8 Å². The van der Waals surface area contributed by atoms with Gasteiger partial charge in [-0.25, -0.2) is 4.79 Å². The highest BCUT2D eigenvalue weighted by Gasteiger charge is 2.17. The number of carbonyl (C=O) groups is 2. The van der Waals surface area contributed by atoms with Gasteiger partial charge in [0.25, 0.3) is 0 Å². The number of nitrogens with zero attached hydrogens (tertiary/aromatic N) is 1. The van der Waals surface area contributed by atoms with Crippen molar-refractivity contribution in [3.8, 4) is 5.75 Å². The average Bonchev–Trinajstić information content (AvgIpc) is 3.21. The van der Waals surface area contributed by atoms with Gasteiger partial charge in [0.05, 0.1) is 6.61 Å². The molecule has 2 N–H and O–H groups in total. The number of nitrogens with one attached hydrogen (secondary N) is 2. The molecule has 1 heterocycles. The highest BCUT2D eigenvalue weighted by atomic mass is 16.5. The maximum Gasteiger partial charge on any atom is 0.321 e. The molecule has 6 heteroatoms. The largest absolute Gasteiger partial charge is 0.494 e. The van der Waals surface area contributed by atoms with Crippen molar-refractivity contribution in [3.05, 3.63) is 54.6 Å². The predicted molar refractivity (Wildman–Crippen MR) is 106 cm³/mol. The van der Waals surface area contributed by atoms with Gasteiger partial charge in [-0.1, -0.05) is 24.3 Å². The topological polar surface area (TPSA) is 70.7 Å². The van der Waals surface area contributed by atoms with Gasteiger partial charge in [-0.3, -0.25) is 4.79 Å². The van der Waals surface area contributed by atoms with E-state index in [2.05, 4.69) is 10.6 Å². The fourth-order valence-electron chi connectivity index (χ4n) is 2.96. The molecule has 0 aromatic heterocycles. The van der Waals surface area contributed by atoms with E-state index in [1.54, 1.807) is 11.0 Å². The van der Waals surface area contributed by atoms with Crippen LogP contribution in [-0.2, 0) is 4.79 Å². The molecule has 1 aliphatic rings. The number of amides is 3. The Labute approximate surface area is 159 Å². The zero-order valence-corrected chi connectivity index (χ0v) is 15.3. The fraction of sp³-hybridized carbons (Fsp3) is 0.333. The SMILES string of the molecule is O=C(CCCOc1ccccc1)Nc1cccc(NC(=O)N2CCCC2)c1. The van der Waals surface area contributed by atoms with Crippen LogP contribution in [-0.4, -0.2) is 36.5 Å². The number of benzene rings is 2. The van der Waals surface area contributed by atoms with Gasteiger partial charge in [0.1, 0.15) is 5.75 Å². The van der Waals surface area contributed by atoms with Crippen LogP contribution in [0.3, 0.4) is 0 Å². The lowest BCUT2D eigenvalue weighted by atomic mass is 10.2. The van der Waals surface area contributed by atoms with Gasteiger partial charge in [0.15, 0.2) is 0 Å². The van der Waals surface area contributed by atoms with E-state index in [9.17, 15) is 9.59 Å². The first-order valence-electron chi connectivity index (χ1n) is 9.34. The summed E-state index contributed by atoms with van der Waals surface area (Å²) in [5, 5.41) is 5.75. The number of hydrogen-bond acceptors (Lipinski definition) is 3. The van der Waals surface area contributed by atoms with Crippen LogP contribution >= 0.6 is 0 Å². The molecular weight excluding hydrogens is 342 g/mol. The molecule has 0 unspecified atom stereocenters.